The number of nitrogens with one attached hydrogen (secondary N) is 4. The highest BCUT2D eigenvalue weighted by Crippen LogP contribution is 2.19. The molecule has 0 aliphatic rings. The van der Waals surface area contributed by atoms with Gasteiger partial charge in [0.05, 0.1) is 6.04 Å². The lowest BCUT2D eigenvalue weighted by molar-refractivity contribution is -0.142. The third kappa shape index (κ3) is 9.53. The third-order valence-electron chi connectivity index (χ3n) is 6.08. The quantitative estimate of drug-likeness (QED) is 0.0995. The van der Waals surface area contributed by atoms with Gasteiger partial charge in [-0.3, -0.25) is 14.4 Å². The molecule has 0 fully saturated rings. The van der Waals surface area contributed by atoms with Crippen molar-refractivity contribution in [2.24, 2.45) is 11.5 Å². The first-order valence-electron chi connectivity index (χ1n) is 12.5. The monoisotopic (exact) mass is 566 g/mol. The van der Waals surface area contributed by atoms with Gasteiger partial charge in [0.1, 0.15) is 18.1 Å². The van der Waals surface area contributed by atoms with Crippen molar-refractivity contribution in [1.29, 1.82) is 0 Å². The Balaban J connectivity index is 2.06. The van der Waals surface area contributed by atoms with E-state index >= 15 is 0 Å². The molecule has 3 amide bonds. The number of aromatic nitrogens is 1. The number of aromatic amines is 1. The van der Waals surface area contributed by atoms with Gasteiger partial charge in [-0.2, -0.15) is 24.4 Å². The maximum Gasteiger partial charge on any atom is 0.326 e. The van der Waals surface area contributed by atoms with Gasteiger partial charge in [-0.25, -0.2) is 4.79 Å². The zero-order valence-corrected chi connectivity index (χ0v) is 23.2. The van der Waals surface area contributed by atoms with Crippen LogP contribution in [-0.2, 0) is 25.6 Å². The zero-order valence-electron chi connectivity index (χ0n) is 21.4. The number of H-pyrrole nitrogens is 1. The Bertz CT molecular complexity index is 1080. The Kier molecular flexibility index (Phi) is 13.5. The molecule has 13 heteroatoms. The molecular formula is C25H38N6O5S2. The van der Waals surface area contributed by atoms with Crippen molar-refractivity contribution in [1.82, 2.24) is 20.9 Å². The summed E-state index contributed by atoms with van der Waals surface area (Å²) in [6, 6.07) is 3.45. The van der Waals surface area contributed by atoms with Crippen molar-refractivity contribution in [2.75, 3.05) is 24.3 Å². The summed E-state index contributed by atoms with van der Waals surface area (Å²) < 4.78 is 0. The molecule has 0 radical (unpaired) electrons. The number of carbonyl (C=O) groups is 4. The lowest BCUT2D eigenvalue weighted by Crippen LogP contribution is -2.58. The molecule has 2 rings (SSSR count). The fraction of sp³-hybridized carbons (Fsp3) is 0.520. The number of para-hydroxylation sites is 1. The van der Waals surface area contributed by atoms with Crippen LogP contribution in [0, 0.1) is 0 Å². The molecule has 0 saturated carbocycles. The van der Waals surface area contributed by atoms with Gasteiger partial charge in [-0.1, -0.05) is 24.6 Å². The number of thiol groups is 1. The van der Waals surface area contributed by atoms with Gasteiger partial charge in [0, 0.05) is 29.3 Å². The lowest BCUT2D eigenvalue weighted by Gasteiger charge is -2.24. The van der Waals surface area contributed by atoms with Crippen LogP contribution in [0.3, 0.4) is 0 Å². The molecule has 2 aromatic rings. The van der Waals surface area contributed by atoms with E-state index in [1.807, 2.05) is 30.5 Å². The Labute approximate surface area is 232 Å². The molecule has 0 bridgehead atoms. The van der Waals surface area contributed by atoms with E-state index in [4.69, 9.17) is 11.5 Å². The number of benzene rings is 1. The molecule has 210 valence electrons. The molecule has 11 nitrogen and oxygen atoms in total. The number of unbranched alkanes of at least 4 members (excludes halogenated alkanes) is 1. The number of fused-ring (bicyclic) bond motifs is 1. The van der Waals surface area contributed by atoms with Crippen molar-refractivity contribution >= 4 is 59.0 Å². The summed E-state index contributed by atoms with van der Waals surface area (Å²) in [6.07, 6.45) is 5.76. The number of hydrogen-bond acceptors (Lipinski definition) is 8. The van der Waals surface area contributed by atoms with E-state index in [0.29, 0.717) is 25.1 Å². The predicted molar refractivity (Wildman–Crippen MR) is 153 cm³/mol. The second-order valence-corrected chi connectivity index (χ2v) is 10.3. The van der Waals surface area contributed by atoms with Crippen LogP contribution in [-0.4, -0.2) is 82.3 Å². The number of carbonyl (C=O) groups excluding carboxylic acids is 3. The third-order valence-corrected chi connectivity index (χ3v) is 7.09. The summed E-state index contributed by atoms with van der Waals surface area (Å²) in [4.78, 5) is 53.6. The second kappa shape index (κ2) is 16.3. The summed E-state index contributed by atoms with van der Waals surface area (Å²) >= 11 is 5.65. The van der Waals surface area contributed by atoms with Crippen LogP contribution in [0.1, 0.15) is 31.2 Å². The fourth-order valence-electron chi connectivity index (χ4n) is 3.88. The highest BCUT2D eigenvalue weighted by atomic mass is 32.2. The van der Waals surface area contributed by atoms with Gasteiger partial charge in [-0.15, -0.1) is 0 Å². The van der Waals surface area contributed by atoms with Crippen molar-refractivity contribution in [3.05, 3.63) is 36.0 Å². The van der Waals surface area contributed by atoms with Crippen LogP contribution >= 0.6 is 24.4 Å². The van der Waals surface area contributed by atoms with Gasteiger partial charge >= 0.3 is 5.97 Å². The molecule has 1 heterocycles. The molecular weight excluding hydrogens is 528 g/mol. The average Bonchev–Trinajstić information content (AvgIpc) is 3.31. The smallest absolute Gasteiger partial charge is 0.326 e. The van der Waals surface area contributed by atoms with Crippen molar-refractivity contribution in [2.45, 2.75) is 56.3 Å². The van der Waals surface area contributed by atoms with Crippen molar-refractivity contribution in [3.8, 4) is 0 Å². The first kappa shape index (κ1) is 31.5. The minimum absolute atomic E-state index is 0.0116. The Morgan fingerprint density at radius 2 is 1.66 bits per heavy atom. The van der Waals surface area contributed by atoms with E-state index in [0.717, 1.165) is 22.9 Å². The number of amides is 3. The van der Waals surface area contributed by atoms with Crippen molar-refractivity contribution < 1.29 is 24.3 Å². The number of rotatable bonds is 17. The standard InChI is InChI=1S/C25H38N6O5S2/c1-38-11-9-19(29-24(34)21(14-37)31-22(32)17(27)7-4-5-10-26)23(33)30-20(25(35)36)12-15-13-28-18-8-3-2-6-16(15)18/h2-3,6,8,13,17,19-21,28,37H,4-5,7,9-12,14,26-27H2,1H3,(H,29,34)(H,30,33)(H,31,32)(H,35,36). The van der Waals surface area contributed by atoms with E-state index in [9.17, 15) is 24.3 Å². The van der Waals surface area contributed by atoms with Gasteiger partial charge in [0.2, 0.25) is 17.7 Å². The van der Waals surface area contributed by atoms with E-state index in [1.165, 1.54) is 11.8 Å². The summed E-state index contributed by atoms with van der Waals surface area (Å²) in [7, 11) is 0. The highest BCUT2D eigenvalue weighted by molar-refractivity contribution is 7.98. The van der Waals surface area contributed by atoms with E-state index in [2.05, 4.69) is 33.6 Å². The summed E-state index contributed by atoms with van der Waals surface area (Å²) in [5, 5.41) is 18.5. The molecule has 4 unspecified atom stereocenters. The summed E-state index contributed by atoms with van der Waals surface area (Å²) in [5.41, 5.74) is 13.0. The van der Waals surface area contributed by atoms with Gasteiger partial charge in [-0.05, 0) is 49.4 Å². The molecule has 0 aliphatic heterocycles. The molecule has 0 spiro atoms. The van der Waals surface area contributed by atoms with Crippen LogP contribution in [0.25, 0.3) is 10.9 Å². The van der Waals surface area contributed by atoms with Crippen LogP contribution in [0.4, 0.5) is 0 Å². The molecule has 38 heavy (non-hydrogen) atoms. The van der Waals surface area contributed by atoms with Gasteiger partial charge in [0.25, 0.3) is 0 Å². The summed E-state index contributed by atoms with van der Waals surface area (Å²) in [5.74, 6) is -2.38. The van der Waals surface area contributed by atoms with Gasteiger partial charge < -0.3 is 37.5 Å². The molecule has 0 saturated heterocycles. The van der Waals surface area contributed by atoms with E-state index < -0.39 is 47.9 Å². The minimum Gasteiger partial charge on any atom is -0.480 e. The Morgan fingerprint density at radius 1 is 1.00 bits per heavy atom. The lowest BCUT2D eigenvalue weighted by atomic mass is 10.0. The number of hydrogen-bond donors (Lipinski definition) is 8. The largest absolute Gasteiger partial charge is 0.480 e. The summed E-state index contributed by atoms with van der Waals surface area (Å²) in [6.45, 7) is 0.500. The van der Waals surface area contributed by atoms with Crippen LogP contribution in [0.2, 0.25) is 0 Å². The fourth-order valence-corrected chi connectivity index (χ4v) is 4.61. The normalized spacial score (nSPS) is 14.3. The van der Waals surface area contributed by atoms with Gasteiger partial charge in [0.15, 0.2) is 0 Å². The Morgan fingerprint density at radius 3 is 2.32 bits per heavy atom. The number of aliphatic carboxylic acids is 1. The maximum absolute atomic E-state index is 13.1. The van der Waals surface area contributed by atoms with E-state index in [-0.39, 0.29) is 18.6 Å². The zero-order chi connectivity index (χ0) is 28.1. The predicted octanol–water partition coefficient (Wildman–Crippen LogP) is 0.389. The van der Waals surface area contributed by atoms with E-state index in [1.54, 1.807) is 6.20 Å². The average molecular weight is 567 g/mol. The van der Waals surface area contributed by atoms with Crippen LogP contribution in [0.15, 0.2) is 30.5 Å². The van der Waals surface area contributed by atoms with Crippen molar-refractivity contribution in [3.63, 3.8) is 0 Å². The number of thioether (sulfide) groups is 1. The number of carboxylic acids is 1. The number of carboxylic acid groups (broad SMARTS) is 1. The second-order valence-electron chi connectivity index (χ2n) is 8.94. The molecule has 1 aromatic heterocycles. The topological polar surface area (TPSA) is 192 Å². The first-order chi connectivity index (χ1) is 18.2. The Hall–Kier alpha value is -2.74. The highest BCUT2D eigenvalue weighted by Gasteiger charge is 2.30. The molecule has 1 aromatic carbocycles. The van der Waals surface area contributed by atoms with Crippen LogP contribution < -0.4 is 27.4 Å². The molecule has 0 aliphatic carbocycles. The molecule has 9 N–H and O–H groups in total. The molecule has 4 atom stereocenters. The van der Waals surface area contributed by atoms with Crippen LogP contribution in [0.5, 0.6) is 0 Å². The number of nitrogens with two attached hydrogens (primary N) is 2. The maximum atomic E-state index is 13.1. The first-order valence-corrected chi connectivity index (χ1v) is 14.5. The minimum atomic E-state index is -1.21. The SMILES string of the molecule is CSCCC(NC(=O)C(CS)NC(=O)C(N)CCCCN)C(=O)NC(Cc1c[nH]c2ccccc12)C(=O)O.